The van der Waals surface area contributed by atoms with Crippen molar-refractivity contribution in [3.8, 4) is 0 Å². The van der Waals surface area contributed by atoms with Crippen LogP contribution in [-0.2, 0) is 14.4 Å². The second kappa shape index (κ2) is 11.0. The second-order valence-corrected chi connectivity index (χ2v) is 10.2. The topological polar surface area (TPSA) is 112 Å². The lowest BCUT2D eigenvalue weighted by molar-refractivity contribution is -0.139. The van der Waals surface area contributed by atoms with Crippen LogP contribution in [0.2, 0.25) is 0 Å². The van der Waals surface area contributed by atoms with Crippen molar-refractivity contribution in [2.75, 3.05) is 11.4 Å². The van der Waals surface area contributed by atoms with Crippen molar-refractivity contribution < 1.29 is 29.1 Å². The normalized spacial score (nSPS) is 14.4. The van der Waals surface area contributed by atoms with Crippen LogP contribution in [-0.4, -0.2) is 56.6 Å². The summed E-state index contributed by atoms with van der Waals surface area (Å²) in [5, 5.41) is 10.4. The number of rotatable bonds is 9. The number of thioether (sulfide) groups is 1. The van der Waals surface area contributed by atoms with Crippen LogP contribution in [0.5, 0.6) is 0 Å². The number of benzene rings is 3. The third kappa shape index (κ3) is 5.41. The highest BCUT2D eigenvalue weighted by atomic mass is 32.2. The number of carbonyl (C=O) groups excluding carboxylic acids is 4. The predicted octanol–water partition coefficient (Wildman–Crippen LogP) is 4.37. The van der Waals surface area contributed by atoms with Gasteiger partial charge in [-0.05, 0) is 54.8 Å². The number of hydrogen-bond donors (Lipinski definition) is 1. The van der Waals surface area contributed by atoms with Gasteiger partial charge in [0.2, 0.25) is 5.91 Å². The maximum absolute atomic E-state index is 13.7. The van der Waals surface area contributed by atoms with Gasteiger partial charge in [-0.25, -0.2) is 4.79 Å². The Morgan fingerprint density at radius 3 is 2.11 bits per heavy atom. The first kappa shape index (κ1) is 26.1. The molecule has 0 aromatic heterocycles. The molecule has 9 heteroatoms. The predicted molar refractivity (Wildman–Crippen MR) is 142 cm³/mol. The average molecular weight is 519 g/mol. The molecule has 0 aliphatic carbocycles. The summed E-state index contributed by atoms with van der Waals surface area (Å²) in [5.41, 5.74) is 1.10. The second-order valence-electron chi connectivity index (χ2n) is 8.80. The summed E-state index contributed by atoms with van der Waals surface area (Å²) < 4.78 is 0. The molecule has 0 radical (unpaired) electrons. The molecule has 3 amide bonds. The summed E-state index contributed by atoms with van der Waals surface area (Å²) in [6, 6.07) is 18.2. The third-order valence-electron chi connectivity index (χ3n) is 6.30. The summed E-state index contributed by atoms with van der Waals surface area (Å²) in [7, 11) is 0. The van der Waals surface area contributed by atoms with Crippen molar-refractivity contribution in [2.24, 2.45) is 0 Å². The Morgan fingerprint density at radius 1 is 0.919 bits per heavy atom. The Hall–Kier alpha value is -3.98. The highest BCUT2D eigenvalue weighted by molar-refractivity contribution is 8.14. The molecule has 1 N–H and O–H groups in total. The number of fused-ring (bicyclic) bond motifs is 2. The number of nitrogens with zero attached hydrogens (tertiary/aromatic N) is 2. The molecule has 0 saturated carbocycles. The van der Waals surface area contributed by atoms with E-state index in [0.717, 1.165) is 27.4 Å². The summed E-state index contributed by atoms with van der Waals surface area (Å²) in [4.78, 5) is 65.4. The fraction of sp³-hybridized carbons (Fsp3) is 0.250. The molecular weight excluding hydrogens is 492 g/mol. The Balaban J connectivity index is 1.55. The number of carboxylic acids is 1. The minimum absolute atomic E-state index is 0.0824. The standard InChI is InChI=1S/C28H26N2O6S/c1-17(28(35)36)30(21-14-13-19-8-3-4-9-20(19)16-21)27(34)24(37-18(2)31)12-7-15-29-25(32)22-10-5-6-11-23(22)26(29)33/h3-6,8-11,13-14,16-17,24H,7,12,15H2,1-2H3,(H,35,36)/t17-,24+/m0/s1. The van der Waals surface area contributed by atoms with E-state index in [9.17, 15) is 29.1 Å². The van der Waals surface area contributed by atoms with E-state index in [1.807, 2.05) is 30.3 Å². The molecule has 0 saturated heterocycles. The SMILES string of the molecule is CC(=O)S[C@H](CCCN1C(=O)c2ccccc2C1=O)C(=O)N(c1ccc2ccccc2c1)[C@@H](C)C(=O)O. The van der Waals surface area contributed by atoms with Gasteiger partial charge in [-0.15, -0.1) is 0 Å². The van der Waals surface area contributed by atoms with Crippen LogP contribution in [0.1, 0.15) is 47.4 Å². The van der Waals surface area contributed by atoms with Crippen LogP contribution < -0.4 is 4.90 Å². The summed E-state index contributed by atoms with van der Waals surface area (Å²) in [6.07, 6.45) is 0.447. The molecule has 0 unspecified atom stereocenters. The van der Waals surface area contributed by atoms with E-state index in [2.05, 4.69) is 0 Å². The van der Waals surface area contributed by atoms with Crippen molar-refractivity contribution in [2.45, 2.75) is 38.0 Å². The lowest BCUT2D eigenvalue weighted by Crippen LogP contribution is -2.47. The third-order valence-corrected chi connectivity index (χ3v) is 7.36. The molecule has 0 fully saturated rings. The van der Waals surface area contributed by atoms with Gasteiger partial charge in [-0.2, -0.15) is 0 Å². The molecule has 2 atom stereocenters. The van der Waals surface area contributed by atoms with E-state index in [-0.39, 0.29) is 36.3 Å². The Labute approximate surface area is 218 Å². The number of aliphatic carboxylic acids is 1. The molecule has 1 aliphatic rings. The first-order valence-electron chi connectivity index (χ1n) is 11.9. The summed E-state index contributed by atoms with van der Waals surface area (Å²) in [6.45, 7) is 2.85. The van der Waals surface area contributed by atoms with Gasteiger partial charge in [-0.3, -0.25) is 29.0 Å². The lowest BCUT2D eigenvalue weighted by atomic mass is 10.1. The van der Waals surface area contributed by atoms with E-state index < -0.39 is 23.2 Å². The number of carboxylic acid groups (broad SMARTS) is 1. The van der Waals surface area contributed by atoms with E-state index >= 15 is 0 Å². The molecule has 37 heavy (non-hydrogen) atoms. The summed E-state index contributed by atoms with van der Waals surface area (Å²) >= 11 is 0.823. The highest BCUT2D eigenvalue weighted by Crippen LogP contribution is 2.29. The van der Waals surface area contributed by atoms with Crippen LogP contribution in [0.3, 0.4) is 0 Å². The number of anilines is 1. The van der Waals surface area contributed by atoms with E-state index in [4.69, 9.17) is 0 Å². The number of imide groups is 1. The number of hydrogen-bond acceptors (Lipinski definition) is 6. The molecular formula is C28H26N2O6S. The van der Waals surface area contributed by atoms with Gasteiger partial charge >= 0.3 is 5.97 Å². The maximum Gasteiger partial charge on any atom is 0.326 e. The maximum atomic E-state index is 13.7. The number of amides is 3. The summed E-state index contributed by atoms with van der Waals surface area (Å²) in [5.74, 6) is -2.48. The molecule has 0 bridgehead atoms. The Bertz CT molecular complexity index is 1370. The molecule has 3 aromatic rings. The zero-order chi connectivity index (χ0) is 26.7. The zero-order valence-corrected chi connectivity index (χ0v) is 21.2. The zero-order valence-electron chi connectivity index (χ0n) is 20.4. The minimum atomic E-state index is -1.18. The van der Waals surface area contributed by atoms with Crippen LogP contribution >= 0.6 is 11.8 Å². The molecule has 1 aliphatic heterocycles. The quantitative estimate of drug-likeness (QED) is 0.419. The van der Waals surface area contributed by atoms with Gasteiger partial charge < -0.3 is 5.11 Å². The van der Waals surface area contributed by atoms with Crippen LogP contribution in [0, 0.1) is 0 Å². The Kier molecular flexibility index (Phi) is 7.73. The van der Waals surface area contributed by atoms with Crippen molar-refractivity contribution in [3.05, 3.63) is 77.9 Å². The van der Waals surface area contributed by atoms with Crippen molar-refractivity contribution in [3.63, 3.8) is 0 Å². The molecule has 0 spiro atoms. The highest BCUT2D eigenvalue weighted by Gasteiger charge is 2.36. The van der Waals surface area contributed by atoms with Crippen molar-refractivity contribution in [1.29, 1.82) is 0 Å². The molecule has 1 heterocycles. The van der Waals surface area contributed by atoms with Crippen LogP contribution in [0.15, 0.2) is 66.7 Å². The van der Waals surface area contributed by atoms with Gasteiger partial charge in [0.25, 0.3) is 11.8 Å². The smallest absolute Gasteiger partial charge is 0.326 e. The van der Waals surface area contributed by atoms with E-state index in [0.29, 0.717) is 16.8 Å². The lowest BCUT2D eigenvalue weighted by Gasteiger charge is -2.30. The van der Waals surface area contributed by atoms with Crippen LogP contribution in [0.4, 0.5) is 5.69 Å². The van der Waals surface area contributed by atoms with Gasteiger partial charge in [-0.1, -0.05) is 54.2 Å². The van der Waals surface area contributed by atoms with Gasteiger partial charge in [0.05, 0.1) is 16.4 Å². The van der Waals surface area contributed by atoms with E-state index in [1.54, 1.807) is 36.4 Å². The molecule has 190 valence electrons. The van der Waals surface area contributed by atoms with Gasteiger partial charge in [0.15, 0.2) is 5.12 Å². The van der Waals surface area contributed by atoms with Crippen molar-refractivity contribution >= 4 is 57.0 Å². The van der Waals surface area contributed by atoms with Crippen LogP contribution in [0.25, 0.3) is 10.8 Å². The fourth-order valence-corrected chi connectivity index (χ4v) is 5.34. The van der Waals surface area contributed by atoms with Crippen molar-refractivity contribution in [1.82, 2.24) is 4.90 Å². The van der Waals surface area contributed by atoms with Gasteiger partial charge in [0.1, 0.15) is 6.04 Å². The first-order valence-corrected chi connectivity index (χ1v) is 12.7. The molecule has 3 aromatic carbocycles. The monoisotopic (exact) mass is 518 g/mol. The largest absolute Gasteiger partial charge is 0.480 e. The average Bonchev–Trinajstić information content (AvgIpc) is 3.12. The minimum Gasteiger partial charge on any atom is -0.480 e. The fourth-order valence-electron chi connectivity index (χ4n) is 4.44. The van der Waals surface area contributed by atoms with Gasteiger partial charge in [0, 0.05) is 19.2 Å². The molecule has 8 nitrogen and oxygen atoms in total. The first-order chi connectivity index (χ1) is 17.7. The Morgan fingerprint density at radius 2 is 1.51 bits per heavy atom. The number of carbonyl (C=O) groups is 5. The molecule has 4 rings (SSSR count). The van der Waals surface area contributed by atoms with E-state index in [1.165, 1.54) is 18.7 Å².